The lowest BCUT2D eigenvalue weighted by atomic mass is 10.0. The van der Waals surface area contributed by atoms with Crippen LogP contribution in [0.3, 0.4) is 0 Å². The number of hydrogen-bond donors (Lipinski definition) is 3. The Morgan fingerprint density at radius 3 is 1.03 bits per heavy atom. The van der Waals surface area contributed by atoms with E-state index < -0.39 is 12.1 Å². The third kappa shape index (κ3) is 60.9. The molecule has 0 spiro atoms. The van der Waals surface area contributed by atoms with E-state index in [1.807, 2.05) is 6.08 Å². The van der Waals surface area contributed by atoms with Crippen LogP contribution in [0.15, 0.2) is 48.6 Å². The van der Waals surface area contributed by atoms with E-state index in [4.69, 9.17) is 4.74 Å². The summed E-state index contributed by atoms with van der Waals surface area (Å²) in [5, 5.41) is 23.2. The Bertz CT molecular complexity index is 1260. The number of nitrogens with one attached hydrogen (secondary N) is 1. The number of hydrogen-bond acceptors (Lipinski definition) is 5. The predicted molar refractivity (Wildman–Crippen MR) is 329 cm³/mol. The lowest BCUT2D eigenvalue weighted by Crippen LogP contribution is -2.45. The lowest BCUT2D eigenvalue weighted by molar-refractivity contribution is -0.143. The number of aliphatic hydroxyl groups excluding tert-OH is 2. The first-order chi connectivity index (χ1) is 37.0. The third-order valence-corrected chi connectivity index (χ3v) is 15.3. The van der Waals surface area contributed by atoms with Crippen molar-refractivity contribution in [2.75, 3.05) is 13.2 Å². The number of carbonyl (C=O) groups is 2. The van der Waals surface area contributed by atoms with Crippen molar-refractivity contribution >= 4 is 11.9 Å². The molecule has 6 nitrogen and oxygen atoms in total. The van der Waals surface area contributed by atoms with Gasteiger partial charge in [0.25, 0.3) is 0 Å². The Morgan fingerprint density at radius 2 is 0.667 bits per heavy atom. The number of aliphatic hydroxyl groups is 2. The summed E-state index contributed by atoms with van der Waals surface area (Å²) in [6.45, 7) is 4.88. The summed E-state index contributed by atoms with van der Waals surface area (Å²) in [4.78, 5) is 24.6. The normalized spacial score (nSPS) is 12.9. The molecule has 2 atom stereocenters. The summed E-state index contributed by atoms with van der Waals surface area (Å²) in [5.74, 6) is -0.0966. The van der Waals surface area contributed by atoms with Gasteiger partial charge in [-0.3, -0.25) is 9.59 Å². The quantitative estimate of drug-likeness (QED) is 0.0244. The average molecular weight is 1050 g/mol. The van der Waals surface area contributed by atoms with Crippen molar-refractivity contribution in [2.45, 2.75) is 366 Å². The third-order valence-electron chi connectivity index (χ3n) is 15.3. The van der Waals surface area contributed by atoms with Crippen LogP contribution in [-0.4, -0.2) is 47.4 Å². The van der Waals surface area contributed by atoms with Crippen LogP contribution in [0.1, 0.15) is 354 Å². The van der Waals surface area contributed by atoms with Gasteiger partial charge in [-0.15, -0.1) is 0 Å². The molecule has 3 N–H and O–H groups in total. The van der Waals surface area contributed by atoms with Gasteiger partial charge in [0.15, 0.2) is 0 Å². The molecular weight excluding hydrogens is 923 g/mol. The fourth-order valence-electron chi connectivity index (χ4n) is 10.2. The zero-order valence-electron chi connectivity index (χ0n) is 50.3. The summed E-state index contributed by atoms with van der Waals surface area (Å²) in [7, 11) is 0. The molecule has 0 aliphatic rings. The highest BCUT2D eigenvalue weighted by atomic mass is 16.5. The van der Waals surface area contributed by atoms with Crippen LogP contribution >= 0.6 is 0 Å². The molecule has 0 aromatic rings. The number of ether oxygens (including phenoxy) is 1. The summed E-state index contributed by atoms with van der Waals surface area (Å²) in [6, 6.07) is -0.638. The second-order valence-electron chi connectivity index (χ2n) is 22.8. The van der Waals surface area contributed by atoms with Crippen LogP contribution in [0.25, 0.3) is 0 Å². The van der Waals surface area contributed by atoms with Crippen molar-refractivity contribution in [1.29, 1.82) is 0 Å². The smallest absolute Gasteiger partial charge is 0.305 e. The van der Waals surface area contributed by atoms with Crippen LogP contribution < -0.4 is 5.32 Å². The molecule has 0 rings (SSSR count). The van der Waals surface area contributed by atoms with Gasteiger partial charge in [0.1, 0.15) is 0 Å². The van der Waals surface area contributed by atoms with Crippen LogP contribution in [0, 0.1) is 0 Å². The standard InChI is InChI=1S/C69H129NO5/c1-3-5-7-9-11-13-15-17-19-21-22-23-24-25-27-30-33-37-41-45-49-53-57-61-67(72)66(65-71)70-68(73)62-58-54-50-46-42-38-34-31-28-26-29-32-36-40-44-48-52-56-60-64-75-69(74)63-59-55-51-47-43-39-35-20-18-16-14-12-10-8-6-4-2/h20,32,35-36,40,44,57,61,66-67,71-72H,3-19,21-31,33-34,37-39,41-43,45-56,58-60,62-65H2,1-2H3,(H,70,73)/b35-20-,36-32-,44-40-,61-57+. The predicted octanol–water partition coefficient (Wildman–Crippen LogP) is 21.3. The largest absolute Gasteiger partial charge is 0.466 e. The van der Waals surface area contributed by atoms with Gasteiger partial charge in [-0.2, -0.15) is 0 Å². The van der Waals surface area contributed by atoms with Gasteiger partial charge < -0.3 is 20.3 Å². The number of carbonyl (C=O) groups excluding carboxylic acids is 2. The van der Waals surface area contributed by atoms with E-state index in [0.717, 1.165) is 77.0 Å². The molecule has 0 bridgehead atoms. The Labute approximate surface area is 467 Å². The molecule has 0 aliphatic heterocycles. The number of unbranched alkanes of at least 4 members (excludes halogenated alkanes) is 46. The van der Waals surface area contributed by atoms with E-state index in [1.165, 1.54) is 250 Å². The van der Waals surface area contributed by atoms with Crippen molar-refractivity contribution in [3.63, 3.8) is 0 Å². The molecule has 0 saturated heterocycles. The minimum Gasteiger partial charge on any atom is -0.466 e. The summed E-state index contributed by atoms with van der Waals surface area (Å²) in [6.07, 6.45) is 83.1. The van der Waals surface area contributed by atoms with Gasteiger partial charge in [0, 0.05) is 12.8 Å². The highest BCUT2D eigenvalue weighted by Crippen LogP contribution is 2.17. The fraction of sp³-hybridized carbons (Fsp3) is 0.855. The molecule has 440 valence electrons. The average Bonchev–Trinajstić information content (AvgIpc) is 3.41. The van der Waals surface area contributed by atoms with Crippen LogP contribution in [-0.2, 0) is 14.3 Å². The molecule has 0 radical (unpaired) electrons. The minimum absolute atomic E-state index is 0.0213. The summed E-state index contributed by atoms with van der Waals surface area (Å²) in [5.41, 5.74) is 0. The fourth-order valence-corrected chi connectivity index (χ4v) is 10.2. The Hall–Kier alpha value is -2.18. The highest BCUT2D eigenvalue weighted by Gasteiger charge is 2.18. The highest BCUT2D eigenvalue weighted by molar-refractivity contribution is 5.76. The minimum atomic E-state index is -0.854. The zero-order chi connectivity index (χ0) is 54.3. The van der Waals surface area contributed by atoms with Crippen LogP contribution in [0.2, 0.25) is 0 Å². The molecule has 0 heterocycles. The molecule has 0 aliphatic carbocycles. The first kappa shape index (κ1) is 72.8. The lowest BCUT2D eigenvalue weighted by Gasteiger charge is -2.20. The maximum atomic E-state index is 12.5. The summed E-state index contributed by atoms with van der Waals surface area (Å²) < 4.78 is 5.46. The SMILES string of the molecule is CCCCCCCCC/C=C\CCCCCCCC(=O)OCCCCC/C=C\C=C/CCCCCCCCCCCCC(=O)NC(CO)C(O)/C=C/CCCCCCCCCCCCCCCCCCCCCCC. The van der Waals surface area contributed by atoms with Crippen LogP contribution in [0.5, 0.6) is 0 Å². The molecule has 0 aromatic heterocycles. The Kier molecular flexibility index (Phi) is 62.5. The van der Waals surface area contributed by atoms with Crippen LogP contribution in [0.4, 0.5) is 0 Å². The van der Waals surface area contributed by atoms with Gasteiger partial charge in [0.05, 0.1) is 25.4 Å². The van der Waals surface area contributed by atoms with E-state index in [9.17, 15) is 19.8 Å². The number of rotatable bonds is 62. The Balaban J connectivity index is 3.50. The van der Waals surface area contributed by atoms with Crippen molar-refractivity contribution in [2.24, 2.45) is 0 Å². The zero-order valence-corrected chi connectivity index (χ0v) is 50.3. The summed E-state index contributed by atoms with van der Waals surface area (Å²) >= 11 is 0. The van der Waals surface area contributed by atoms with Gasteiger partial charge in [0.2, 0.25) is 5.91 Å². The first-order valence-corrected chi connectivity index (χ1v) is 33.4. The molecule has 2 unspecified atom stereocenters. The molecule has 0 aromatic carbocycles. The van der Waals surface area contributed by atoms with Gasteiger partial charge >= 0.3 is 5.97 Å². The van der Waals surface area contributed by atoms with Crippen molar-refractivity contribution in [1.82, 2.24) is 5.32 Å². The first-order valence-electron chi connectivity index (χ1n) is 33.4. The molecular formula is C69H129NO5. The van der Waals surface area contributed by atoms with E-state index >= 15 is 0 Å². The second-order valence-corrected chi connectivity index (χ2v) is 22.8. The number of amides is 1. The molecule has 0 fully saturated rings. The van der Waals surface area contributed by atoms with E-state index in [2.05, 4.69) is 55.6 Å². The number of esters is 1. The maximum absolute atomic E-state index is 12.5. The maximum Gasteiger partial charge on any atom is 0.305 e. The molecule has 75 heavy (non-hydrogen) atoms. The topological polar surface area (TPSA) is 95.9 Å². The second kappa shape index (κ2) is 64.3. The molecule has 6 heteroatoms. The Morgan fingerprint density at radius 1 is 0.373 bits per heavy atom. The van der Waals surface area contributed by atoms with Gasteiger partial charge in [-0.05, 0) is 89.9 Å². The van der Waals surface area contributed by atoms with Crippen molar-refractivity contribution in [3.8, 4) is 0 Å². The van der Waals surface area contributed by atoms with E-state index in [1.54, 1.807) is 6.08 Å². The van der Waals surface area contributed by atoms with Gasteiger partial charge in [-0.25, -0.2) is 0 Å². The van der Waals surface area contributed by atoms with E-state index in [-0.39, 0.29) is 18.5 Å². The monoisotopic (exact) mass is 1050 g/mol. The number of allylic oxidation sites excluding steroid dienone is 7. The van der Waals surface area contributed by atoms with Crippen molar-refractivity contribution < 1.29 is 24.5 Å². The van der Waals surface area contributed by atoms with Crippen molar-refractivity contribution in [3.05, 3.63) is 48.6 Å². The molecule has 1 amide bonds. The molecule has 0 saturated carbocycles. The van der Waals surface area contributed by atoms with Gasteiger partial charge in [-0.1, -0.05) is 300 Å². The van der Waals surface area contributed by atoms with E-state index in [0.29, 0.717) is 19.4 Å².